The molecule has 1 atom stereocenters. The summed E-state index contributed by atoms with van der Waals surface area (Å²) in [7, 11) is 7.02. The lowest BCUT2D eigenvalue weighted by Crippen LogP contribution is -2.49. The maximum atomic E-state index is 13.7. The Labute approximate surface area is 229 Å². The molecule has 0 saturated carbocycles. The Balaban J connectivity index is 1.84. The summed E-state index contributed by atoms with van der Waals surface area (Å²) in [5.41, 5.74) is 7.86. The van der Waals surface area contributed by atoms with Crippen LogP contribution in [0.15, 0.2) is 48.6 Å². The quantitative estimate of drug-likeness (QED) is 0.255. The minimum atomic E-state index is -1.36. The summed E-state index contributed by atoms with van der Waals surface area (Å²) >= 11 is 6.69. The van der Waals surface area contributed by atoms with Crippen molar-refractivity contribution < 1.29 is 4.39 Å². The van der Waals surface area contributed by atoms with Crippen LogP contribution in [0.5, 0.6) is 0 Å². The van der Waals surface area contributed by atoms with Gasteiger partial charge in [-0.2, -0.15) is 9.65 Å². The molecule has 8 nitrogen and oxygen atoms in total. The van der Waals surface area contributed by atoms with Gasteiger partial charge in [0.1, 0.15) is 13.9 Å². The fraction of sp³-hybridized carbons (Fsp3) is 0.370. The molecule has 38 heavy (non-hydrogen) atoms. The summed E-state index contributed by atoms with van der Waals surface area (Å²) in [6.45, 7) is 13.1. The van der Waals surface area contributed by atoms with Crippen molar-refractivity contribution >= 4 is 41.7 Å². The molecule has 11 heteroatoms. The highest BCUT2D eigenvalue weighted by molar-refractivity contribution is 6.36. The number of rotatable bonds is 6. The fourth-order valence-corrected chi connectivity index (χ4v) is 4.24. The second-order valence-electron chi connectivity index (χ2n) is 11.6. The largest absolute Gasteiger partial charge is 0.383 e. The molecule has 0 fully saturated rings. The van der Waals surface area contributed by atoms with Crippen molar-refractivity contribution in [3.05, 3.63) is 70.7 Å². The molecule has 4 N–H and O–H groups in total. The van der Waals surface area contributed by atoms with E-state index >= 15 is 0 Å². The lowest BCUT2D eigenvalue weighted by Gasteiger charge is -2.34. The summed E-state index contributed by atoms with van der Waals surface area (Å²) < 4.78 is 13.7. The number of anilines is 2. The van der Waals surface area contributed by atoms with E-state index in [2.05, 4.69) is 58.4 Å². The van der Waals surface area contributed by atoms with Gasteiger partial charge in [0.2, 0.25) is 5.95 Å². The molecular weight excluding hydrogens is 502 g/mol. The monoisotopic (exact) mass is 532 g/mol. The Morgan fingerprint density at radius 2 is 1.87 bits per heavy atom. The minimum Gasteiger partial charge on any atom is -0.383 e. The van der Waals surface area contributed by atoms with Crippen LogP contribution in [-0.4, -0.2) is 34.9 Å². The van der Waals surface area contributed by atoms with Crippen LogP contribution < -0.4 is 21.6 Å². The molecule has 1 aliphatic rings. The predicted octanol–water partition coefficient (Wildman–Crippen LogP) is 5.15. The summed E-state index contributed by atoms with van der Waals surface area (Å²) in [5.74, 6) is -0.614. The maximum absolute atomic E-state index is 13.7. The van der Waals surface area contributed by atoms with Crippen molar-refractivity contribution in [1.82, 2.24) is 25.9 Å². The second-order valence-corrected chi connectivity index (χ2v) is 12.0. The Kier molecular flexibility index (Phi) is 7.21. The Morgan fingerprint density at radius 1 is 1.13 bits per heavy atom. The van der Waals surface area contributed by atoms with E-state index in [0.29, 0.717) is 50.7 Å². The number of halogens is 2. The molecule has 0 spiro atoms. The minimum absolute atomic E-state index is 0.0312. The van der Waals surface area contributed by atoms with Gasteiger partial charge < -0.3 is 16.1 Å². The first-order valence-electron chi connectivity index (χ1n) is 12.2. The molecule has 0 amide bonds. The standard InChI is InChI=1S/C27H31BClFN8/c1-25(2,3)15-34-23-16(11-31)12-33-24-19(23)9-18(10-20(24)29)35-27(28,17-7-8-22(30)32-13-17)21-14-38(37-36-21)26(4,5)6/h7-10,12-14,35-37H,15H2,1-6H3,(H,33,34). The van der Waals surface area contributed by atoms with Gasteiger partial charge in [-0.3, -0.25) is 9.99 Å². The number of fused-ring (bicyclic) bond motifs is 1. The number of pyridine rings is 2. The zero-order valence-electron chi connectivity index (χ0n) is 22.4. The van der Waals surface area contributed by atoms with Crippen LogP contribution in [0.25, 0.3) is 10.9 Å². The van der Waals surface area contributed by atoms with E-state index in [-0.39, 0.29) is 11.0 Å². The van der Waals surface area contributed by atoms with Gasteiger partial charge in [0, 0.05) is 41.8 Å². The van der Waals surface area contributed by atoms with Gasteiger partial charge in [-0.05, 0) is 49.9 Å². The van der Waals surface area contributed by atoms with Gasteiger partial charge in [0.15, 0.2) is 0 Å². The molecule has 196 valence electrons. The molecule has 3 aromatic rings. The number of hydrogen-bond donors (Lipinski definition) is 4. The molecule has 0 saturated heterocycles. The van der Waals surface area contributed by atoms with Crippen LogP contribution >= 0.6 is 11.6 Å². The third-order valence-electron chi connectivity index (χ3n) is 6.08. The molecule has 0 aliphatic carbocycles. The van der Waals surface area contributed by atoms with Crippen molar-refractivity contribution in [2.75, 3.05) is 17.2 Å². The van der Waals surface area contributed by atoms with E-state index in [0.717, 1.165) is 0 Å². The fourth-order valence-electron chi connectivity index (χ4n) is 3.97. The first-order chi connectivity index (χ1) is 17.7. The van der Waals surface area contributed by atoms with Gasteiger partial charge in [0.25, 0.3) is 0 Å². The van der Waals surface area contributed by atoms with Crippen LogP contribution in [0.4, 0.5) is 15.8 Å². The highest BCUT2D eigenvalue weighted by Gasteiger charge is 2.36. The average molecular weight is 533 g/mol. The smallest absolute Gasteiger partial charge is 0.212 e. The molecule has 1 aliphatic heterocycles. The van der Waals surface area contributed by atoms with E-state index in [1.54, 1.807) is 12.1 Å². The predicted molar refractivity (Wildman–Crippen MR) is 151 cm³/mol. The Bertz CT molecular complexity index is 1420. The average Bonchev–Trinajstić information content (AvgIpc) is 3.34. The number of hydrogen-bond acceptors (Lipinski definition) is 8. The zero-order valence-corrected chi connectivity index (χ0v) is 23.1. The molecule has 2 radical (unpaired) electrons. The second kappa shape index (κ2) is 9.97. The van der Waals surface area contributed by atoms with E-state index in [1.165, 1.54) is 18.5 Å². The summed E-state index contributed by atoms with van der Waals surface area (Å²) in [5, 5.41) is 19.5. The van der Waals surface area contributed by atoms with Crippen molar-refractivity contribution in [2.24, 2.45) is 5.41 Å². The number of aromatic nitrogens is 2. The first kappa shape index (κ1) is 27.5. The van der Waals surface area contributed by atoms with E-state index < -0.39 is 11.4 Å². The number of nitrogens with zero attached hydrogens (tertiary/aromatic N) is 4. The third kappa shape index (κ3) is 5.64. The molecule has 2 aromatic heterocycles. The maximum Gasteiger partial charge on any atom is 0.212 e. The SMILES string of the molecule is [B]C(Nc1cc(Cl)c2ncc(C#N)c(NCC(C)(C)C)c2c1)(C1=CN(C(C)(C)C)NN1)c1ccc(F)nc1. The Hall–Kier alpha value is -3.55. The van der Waals surface area contributed by atoms with Crippen molar-refractivity contribution in [3.63, 3.8) is 0 Å². The molecule has 4 rings (SSSR count). The van der Waals surface area contributed by atoms with Gasteiger partial charge in [-0.1, -0.05) is 38.4 Å². The highest BCUT2D eigenvalue weighted by atomic mass is 35.5. The van der Waals surface area contributed by atoms with Crippen LogP contribution in [0.3, 0.4) is 0 Å². The highest BCUT2D eigenvalue weighted by Crippen LogP contribution is 2.37. The first-order valence-corrected chi connectivity index (χ1v) is 12.6. The van der Waals surface area contributed by atoms with Crippen LogP contribution in [0.2, 0.25) is 5.02 Å². The van der Waals surface area contributed by atoms with Crippen molar-refractivity contribution in [3.8, 4) is 6.07 Å². The van der Waals surface area contributed by atoms with Crippen molar-refractivity contribution in [2.45, 2.75) is 52.5 Å². The van der Waals surface area contributed by atoms with E-state index in [9.17, 15) is 9.65 Å². The zero-order chi connectivity index (χ0) is 27.9. The summed E-state index contributed by atoms with van der Waals surface area (Å²) in [6, 6.07) is 8.62. The summed E-state index contributed by atoms with van der Waals surface area (Å²) in [6.07, 6.45) is 4.76. The van der Waals surface area contributed by atoms with Gasteiger partial charge in [-0.15, -0.1) is 5.53 Å². The van der Waals surface area contributed by atoms with E-state index in [4.69, 9.17) is 19.4 Å². The third-order valence-corrected chi connectivity index (χ3v) is 6.37. The van der Waals surface area contributed by atoms with Gasteiger partial charge in [0.05, 0.1) is 32.9 Å². The van der Waals surface area contributed by atoms with Crippen LogP contribution in [-0.2, 0) is 5.44 Å². The molecule has 3 heterocycles. The van der Waals surface area contributed by atoms with Crippen molar-refractivity contribution in [1.29, 1.82) is 5.26 Å². The van der Waals surface area contributed by atoms with Gasteiger partial charge in [-0.25, -0.2) is 4.98 Å². The number of nitriles is 1. The number of nitrogens with one attached hydrogen (secondary N) is 4. The molecule has 1 unspecified atom stereocenters. The topological polar surface area (TPSA) is 101 Å². The molecular formula is C27H31BClFN8. The lowest BCUT2D eigenvalue weighted by molar-refractivity contribution is 0.138. The number of benzene rings is 1. The van der Waals surface area contributed by atoms with Gasteiger partial charge >= 0.3 is 0 Å². The number of hydrazine groups is 2. The van der Waals surface area contributed by atoms with Crippen LogP contribution in [0, 0.1) is 22.7 Å². The lowest BCUT2D eigenvalue weighted by atomic mass is 9.70. The normalized spacial score (nSPS) is 15.4. The summed E-state index contributed by atoms with van der Waals surface area (Å²) in [4.78, 5) is 8.25. The molecule has 0 bridgehead atoms. The van der Waals surface area contributed by atoms with Crippen LogP contribution in [0.1, 0.15) is 52.7 Å². The molecule has 1 aromatic carbocycles. The van der Waals surface area contributed by atoms with E-state index in [1.807, 2.05) is 38.0 Å². The Morgan fingerprint density at radius 3 is 2.45 bits per heavy atom.